The maximum Gasteiger partial charge on any atom is 0.157 e. The highest BCUT2D eigenvalue weighted by atomic mass is 79.9. The Bertz CT molecular complexity index is 816. The number of hydrogen-bond donors (Lipinski definition) is 1. The summed E-state index contributed by atoms with van der Waals surface area (Å²) in [6, 6.07) is 11.4. The van der Waals surface area contributed by atoms with Gasteiger partial charge in [0.15, 0.2) is 17.3 Å². The third-order valence-electron chi connectivity index (χ3n) is 3.70. The Labute approximate surface area is 145 Å². The first kappa shape index (κ1) is 16.6. The van der Waals surface area contributed by atoms with Gasteiger partial charge in [-0.25, -0.2) is 4.21 Å². The Morgan fingerprint density at radius 3 is 2.74 bits per heavy atom. The van der Waals surface area contributed by atoms with E-state index in [1.54, 1.807) is 10.9 Å². The van der Waals surface area contributed by atoms with Gasteiger partial charge in [0.2, 0.25) is 0 Å². The van der Waals surface area contributed by atoms with E-state index in [1.807, 2.05) is 48.7 Å². The molecule has 0 bridgehead atoms. The first-order chi connectivity index (χ1) is 11.1. The number of alkyl halides is 1. The molecule has 1 aromatic carbocycles. The van der Waals surface area contributed by atoms with E-state index in [9.17, 15) is 9.32 Å². The molecular weight excluding hydrogens is 378 g/mol. The van der Waals surface area contributed by atoms with Crippen LogP contribution in [-0.4, -0.2) is 31.0 Å². The second kappa shape index (κ2) is 7.13. The highest BCUT2D eigenvalue weighted by molar-refractivity contribution is 9.09. The lowest BCUT2D eigenvalue weighted by atomic mass is 10.0. The normalized spacial score (nSPS) is 22.6. The van der Waals surface area contributed by atoms with E-state index in [2.05, 4.69) is 22.0 Å². The quantitative estimate of drug-likeness (QED) is 0.614. The summed E-state index contributed by atoms with van der Waals surface area (Å²) in [4.78, 5) is 0.833. The van der Waals surface area contributed by atoms with Gasteiger partial charge in [0.05, 0.1) is 16.9 Å². The zero-order chi connectivity index (χ0) is 16.4. The Morgan fingerprint density at radius 2 is 2.04 bits per heavy atom. The van der Waals surface area contributed by atoms with Gasteiger partial charge >= 0.3 is 0 Å². The highest BCUT2D eigenvalue weighted by Gasteiger charge is 2.20. The van der Waals surface area contributed by atoms with Gasteiger partial charge in [-0.1, -0.05) is 40.2 Å². The molecule has 0 fully saturated rings. The number of nitrogens with zero attached hydrogens (tertiary/aromatic N) is 1. The summed E-state index contributed by atoms with van der Waals surface area (Å²) < 4.78 is 19.8. The van der Waals surface area contributed by atoms with Crippen LogP contribution in [0.3, 0.4) is 0 Å². The third-order valence-corrected chi connectivity index (χ3v) is 5.99. The summed E-state index contributed by atoms with van der Waals surface area (Å²) in [5.41, 5.74) is 0. The Kier molecular flexibility index (Phi) is 5.16. The largest absolute Gasteiger partial charge is 0.368 e. The summed E-state index contributed by atoms with van der Waals surface area (Å²) in [5, 5.41) is 11.2. The number of rotatable bonds is 5. The van der Waals surface area contributed by atoms with Crippen molar-refractivity contribution in [2.45, 2.75) is 22.9 Å². The molecule has 122 valence electrons. The van der Waals surface area contributed by atoms with Crippen molar-refractivity contribution in [3.05, 3.63) is 53.2 Å². The third kappa shape index (κ3) is 3.66. The molecule has 2 aromatic rings. The van der Waals surface area contributed by atoms with Crippen molar-refractivity contribution in [1.29, 1.82) is 0 Å². The van der Waals surface area contributed by atoms with Gasteiger partial charge in [-0.3, -0.25) is 3.97 Å². The van der Waals surface area contributed by atoms with E-state index in [-0.39, 0.29) is 10.7 Å². The molecule has 1 aromatic heterocycles. The van der Waals surface area contributed by atoms with Gasteiger partial charge < -0.3 is 9.84 Å². The molecule has 1 aliphatic rings. The van der Waals surface area contributed by atoms with E-state index in [0.717, 1.165) is 15.5 Å². The number of ether oxygens (including phenoxy) is 1. The Morgan fingerprint density at radius 1 is 1.30 bits per heavy atom. The molecule has 0 spiro atoms. The standard InChI is InChI=1S/C17H18BrNO3S/c1-12(20)22-11-14-9-13-7-8-19(17(13)10-16(14)18)23(21)15-5-3-2-4-6-15/h2-10,12,14,16,20H,11H2,1H3. The number of halogens is 1. The minimum Gasteiger partial charge on any atom is -0.368 e. The molecule has 0 aliphatic heterocycles. The van der Waals surface area contributed by atoms with Crippen molar-refractivity contribution >= 4 is 39.1 Å². The van der Waals surface area contributed by atoms with Crippen LogP contribution in [0.5, 0.6) is 0 Å². The predicted octanol–water partition coefficient (Wildman–Crippen LogP) is 1.37. The SMILES string of the molecule is CC(O)OCC1C=c2ccn(S(=O)c3ccccc3)c2=CC1Br. The molecule has 0 saturated carbocycles. The summed E-state index contributed by atoms with van der Waals surface area (Å²) >= 11 is 3.64. The van der Waals surface area contributed by atoms with Crippen molar-refractivity contribution in [2.75, 3.05) is 6.61 Å². The Hall–Kier alpha value is -1.21. The van der Waals surface area contributed by atoms with Crippen molar-refractivity contribution in [1.82, 2.24) is 3.97 Å². The van der Waals surface area contributed by atoms with Crippen LogP contribution in [-0.2, 0) is 15.7 Å². The van der Waals surface area contributed by atoms with Crippen LogP contribution in [0, 0.1) is 5.92 Å². The Balaban J connectivity index is 1.93. The van der Waals surface area contributed by atoms with E-state index in [1.165, 1.54) is 0 Å². The minimum atomic E-state index is -1.27. The van der Waals surface area contributed by atoms with Gasteiger partial charge in [0.25, 0.3) is 0 Å². The van der Waals surface area contributed by atoms with Gasteiger partial charge in [0.1, 0.15) is 0 Å². The monoisotopic (exact) mass is 395 g/mol. The lowest BCUT2D eigenvalue weighted by Crippen LogP contribution is -2.38. The molecule has 1 N–H and O–H groups in total. The molecule has 0 radical (unpaired) electrons. The smallest absolute Gasteiger partial charge is 0.157 e. The van der Waals surface area contributed by atoms with Crippen LogP contribution in [0.2, 0.25) is 0 Å². The van der Waals surface area contributed by atoms with Gasteiger partial charge in [-0.15, -0.1) is 0 Å². The highest BCUT2D eigenvalue weighted by Crippen LogP contribution is 2.19. The lowest BCUT2D eigenvalue weighted by molar-refractivity contribution is -0.0903. The average molecular weight is 396 g/mol. The fraction of sp³-hybridized carbons (Fsp3) is 0.294. The second-order valence-electron chi connectivity index (χ2n) is 5.42. The van der Waals surface area contributed by atoms with Crippen molar-refractivity contribution in [2.24, 2.45) is 5.92 Å². The van der Waals surface area contributed by atoms with Gasteiger partial charge in [0, 0.05) is 16.9 Å². The van der Waals surface area contributed by atoms with Crippen LogP contribution in [0.25, 0.3) is 12.2 Å². The molecule has 4 nitrogen and oxygen atoms in total. The minimum absolute atomic E-state index is 0.0650. The van der Waals surface area contributed by atoms with Crippen LogP contribution in [0.1, 0.15) is 6.92 Å². The number of hydrogen-bond acceptors (Lipinski definition) is 3. The fourth-order valence-corrected chi connectivity index (χ4v) is 4.22. The van der Waals surface area contributed by atoms with Gasteiger partial charge in [-0.05, 0) is 36.4 Å². The zero-order valence-corrected chi connectivity index (χ0v) is 15.0. The predicted molar refractivity (Wildman–Crippen MR) is 94.7 cm³/mol. The summed E-state index contributed by atoms with van der Waals surface area (Å²) in [7, 11) is -1.27. The molecule has 4 unspecified atom stereocenters. The molecule has 4 atom stereocenters. The summed E-state index contributed by atoms with van der Waals surface area (Å²) in [6.07, 6.45) is 5.21. The number of aromatic nitrogens is 1. The molecule has 0 saturated heterocycles. The number of aliphatic hydroxyl groups excluding tert-OH is 1. The van der Waals surface area contributed by atoms with E-state index in [0.29, 0.717) is 6.61 Å². The average Bonchev–Trinajstić information content (AvgIpc) is 2.95. The molecule has 23 heavy (non-hydrogen) atoms. The molecular formula is C17H18BrNO3S. The summed E-state index contributed by atoms with van der Waals surface area (Å²) in [6.45, 7) is 2.02. The second-order valence-corrected chi connectivity index (χ2v) is 7.84. The van der Waals surface area contributed by atoms with E-state index < -0.39 is 17.3 Å². The van der Waals surface area contributed by atoms with Crippen LogP contribution in [0.4, 0.5) is 0 Å². The molecule has 0 amide bonds. The first-order valence-corrected chi connectivity index (χ1v) is 9.40. The van der Waals surface area contributed by atoms with E-state index >= 15 is 0 Å². The molecule has 1 aliphatic carbocycles. The molecule has 6 heteroatoms. The summed E-state index contributed by atoms with van der Waals surface area (Å²) in [5.74, 6) is 0.123. The number of benzene rings is 1. The zero-order valence-electron chi connectivity index (χ0n) is 12.6. The molecule has 3 rings (SSSR count). The van der Waals surface area contributed by atoms with Crippen LogP contribution >= 0.6 is 15.9 Å². The lowest BCUT2D eigenvalue weighted by Gasteiger charge is -2.20. The van der Waals surface area contributed by atoms with E-state index in [4.69, 9.17) is 4.74 Å². The van der Waals surface area contributed by atoms with Crippen LogP contribution in [0.15, 0.2) is 47.5 Å². The molecule has 1 heterocycles. The maximum atomic E-state index is 12.7. The van der Waals surface area contributed by atoms with Crippen molar-refractivity contribution in [3.63, 3.8) is 0 Å². The maximum absolute atomic E-state index is 12.7. The van der Waals surface area contributed by atoms with Crippen molar-refractivity contribution < 1.29 is 14.1 Å². The van der Waals surface area contributed by atoms with Crippen LogP contribution < -0.4 is 10.6 Å². The number of fused-ring (bicyclic) bond motifs is 1. The first-order valence-electron chi connectivity index (χ1n) is 7.38. The fourth-order valence-electron chi connectivity index (χ4n) is 2.53. The van der Waals surface area contributed by atoms with Crippen molar-refractivity contribution in [3.8, 4) is 0 Å². The van der Waals surface area contributed by atoms with Gasteiger partial charge in [-0.2, -0.15) is 0 Å². The number of aliphatic hydroxyl groups is 1. The topological polar surface area (TPSA) is 51.5 Å².